The summed E-state index contributed by atoms with van der Waals surface area (Å²) in [7, 11) is 2.00. The molecule has 0 bridgehead atoms. The Hall–Kier alpha value is -3.33. The van der Waals surface area contributed by atoms with E-state index in [-0.39, 0.29) is 6.03 Å². The fourth-order valence-corrected chi connectivity index (χ4v) is 2.50. The van der Waals surface area contributed by atoms with Crippen molar-refractivity contribution in [3.63, 3.8) is 0 Å². The Balaban J connectivity index is 1.67. The lowest BCUT2D eigenvalue weighted by atomic mass is 10.1. The maximum absolute atomic E-state index is 12.1. The average molecular weight is 319 g/mol. The zero-order valence-electron chi connectivity index (χ0n) is 13.3. The van der Waals surface area contributed by atoms with E-state index in [1.54, 1.807) is 24.3 Å². The van der Waals surface area contributed by atoms with Crippen molar-refractivity contribution in [2.45, 2.75) is 0 Å². The minimum absolute atomic E-state index is 0.335. The maximum Gasteiger partial charge on any atom is 0.323 e. The number of nitrogens with one attached hydrogen (secondary N) is 2. The molecule has 0 aliphatic carbocycles. The standard InChI is InChI=1S/C18H17N5O/c1-23-10-9-20-17(23)14-3-2-4-16(11-14)22-18(24)21-15-7-5-13(12-19)6-8-15/h2-8,11H,9-10H2,1H3,(H2,21,22,24). The van der Waals surface area contributed by atoms with Crippen molar-refractivity contribution >= 4 is 23.2 Å². The van der Waals surface area contributed by atoms with Crippen LogP contribution in [0.4, 0.5) is 16.2 Å². The van der Waals surface area contributed by atoms with E-state index in [9.17, 15) is 4.79 Å². The Morgan fingerprint density at radius 2 is 1.92 bits per heavy atom. The number of anilines is 2. The number of hydrogen-bond donors (Lipinski definition) is 2. The first-order chi connectivity index (χ1) is 11.7. The summed E-state index contributed by atoms with van der Waals surface area (Å²) < 4.78 is 0. The van der Waals surface area contributed by atoms with Crippen molar-refractivity contribution in [2.75, 3.05) is 30.8 Å². The lowest BCUT2D eigenvalue weighted by molar-refractivity contribution is 0.262. The minimum Gasteiger partial charge on any atom is -0.358 e. The third-order valence-electron chi connectivity index (χ3n) is 3.71. The van der Waals surface area contributed by atoms with Crippen molar-refractivity contribution in [3.8, 4) is 6.07 Å². The predicted octanol–water partition coefficient (Wildman–Crippen LogP) is 2.89. The summed E-state index contributed by atoms with van der Waals surface area (Å²) in [6, 6.07) is 16.0. The lowest BCUT2D eigenvalue weighted by Gasteiger charge is -2.15. The van der Waals surface area contributed by atoms with Gasteiger partial charge in [-0.25, -0.2) is 4.79 Å². The van der Waals surface area contributed by atoms with Crippen LogP contribution >= 0.6 is 0 Å². The topological polar surface area (TPSA) is 80.5 Å². The molecule has 0 fully saturated rings. The molecule has 2 aromatic carbocycles. The zero-order valence-corrected chi connectivity index (χ0v) is 13.3. The molecule has 2 N–H and O–H groups in total. The third-order valence-corrected chi connectivity index (χ3v) is 3.71. The van der Waals surface area contributed by atoms with Crippen molar-refractivity contribution in [1.82, 2.24) is 4.90 Å². The maximum atomic E-state index is 12.1. The van der Waals surface area contributed by atoms with Crippen LogP contribution in [0, 0.1) is 11.3 Å². The number of likely N-dealkylation sites (N-methyl/N-ethyl adjacent to an activating group) is 1. The van der Waals surface area contributed by atoms with Gasteiger partial charge >= 0.3 is 6.03 Å². The van der Waals surface area contributed by atoms with E-state index in [2.05, 4.69) is 20.5 Å². The summed E-state index contributed by atoms with van der Waals surface area (Å²) in [6.45, 7) is 1.70. The van der Waals surface area contributed by atoms with Crippen LogP contribution in [0.15, 0.2) is 53.5 Å². The summed E-state index contributed by atoms with van der Waals surface area (Å²) in [6.07, 6.45) is 0. The Kier molecular flexibility index (Phi) is 4.43. The number of aliphatic imine (C=N–C) groups is 1. The number of amidine groups is 1. The van der Waals surface area contributed by atoms with Crippen molar-refractivity contribution in [1.29, 1.82) is 5.26 Å². The van der Waals surface area contributed by atoms with Gasteiger partial charge in [-0.05, 0) is 36.4 Å². The number of benzene rings is 2. The Labute approximate surface area is 140 Å². The highest BCUT2D eigenvalue weighted by molar-refractivity contribution is 6.03. The fourth-order valence-electron chi connectivity index (χ4n) is 2.50. The summed E-state index contributed by atoms with van der Waals surface area (Å²) in [5, 5.41) is 14.3. The van der Waals surface area contributed by atoms with Crippen molar-refractivity contribution < 1.29 is 4.79 Å². The van der Waals surface area contributed by atoms with Crippen LogP contribution in [0.5, 0.6) is 0 Å². The van der Waals surface area contributed by atoms with Gasteiger partial charge in [0.1, 0.15) is 5.84 Å². The van der Waals surface area contributed by atoms with Crippen LogP contribution in [0.2, 0.25) is 0 Å². The largest absolute Gasteiger partial charge is 0.358 e. The lowest BCUT2D eigenvalue weighted by Crippen LogP contribution is -2.24. The third kappa shape index (κ3) is 3.52. The second-order valence-corrected chi connectivity index (χ2v) is 5.48. The highest BCUT2D eigenvalue weighted by Gasteiger charge is 2.15. The number of hydrogen-bond acceptors (Lipinski definition) is 4. The van der Waals surface area contributed by atoms with E-state index in [0.29, 0.717) is 16.9 Å². The van der Waals surface area contributed by atoms with E-state index in [1.165, 1.54) is 0 Å². The molecule has 0 atom stereocenters. The molecule has 3 rings (SSSR count). The van der Waals surface area contributed by atoms with Gasteiger partial charge in [-0.3, -0.25) is 4.99 Å². The molecule has 2 aromatic rings. The van der Waals surface area contributed by atoms with E-state index < -0.39 is 0 Å². The smallest absolute Gasteiger partial charge is 0.323 e. The quantitative estimate of drug-likeness (QED) is 0.913. The Morgan fingerprint density at radius 1 is 1.17 bits per heavy atom. The highest BCUT2D eigenvalue weighted by atomic mass is 16.2. The zero-order chi connectivity index (χ0) is 16.9. The minimum atomic E-state index is -0.335. The van der Waals surface area contributed by atoms with Gasteiger partial charge in [0.05, 0.1) is 18.2 Å². The van der Waals surface area contributed by atoms with Crippen LogP contribution in [0.3, 0.4) is 0 Å². The van der Waals surface area contributed by atoms with Crippen LogP contribution < -0.4 is 10.6 Å². The monoisotopic (exact) mass is 319 g/mol. The van der Waals surface area contributed by atoms with Gasteiger partial charge in [0.15, 0.2) is 0 Å². The number of nitrogens with zero attached hydrogens (tertiary/aromatic N) is 3. The van der Waals surface area contributed by atoms with E-state index in [4.69, 9.17) is 5.26 Å². The molecule has 0 unspecified atom stereocenters. The summed E-state index contributed by atoms with van der Waals surface area (Å²) in [4.78, 5) is 18.7. The predicted molar refractivity (Wildman–Crippen MR) is 94.3 cm³/mol. The molecule has 6 nitrogen and oxygen atoms in total. The number of amides is 2. The van der Waals surface area contributed by atoms with E-state index >= 15 is 0 Å². The first-order valence-electron chi connectivity index (χ1n) is 7.60. The van der Waals surface area contributed by atoms with E-state index in [1.807, 2.05) is 37.4 Å². The van der Waals surface area contributed by atoms with Gasteiger partial charge in [0, 0.05) is 30.5 Å². The highest BCUT2D eigenvalue weighted by Crippen LogP contribution is 2.16. The second kappa shape index (κ2) is 6.84. The number of urea groups is 1. The first-order valence-corrected chi connectivity index (χ1v) is 7.60. The molecule has 1 aliphatic rings. The molecule has 1 heterocycles. The van der Waals surface area contributed by atoms with Crippen LogP contribution in [-0.2, 0) is 0 Å². The molecular formula is C18H17N5O. The molecule has 0 spiro atoms. The van der Waals surface area contributed by atoms with Gasteiger partial charge in [0.2, 0.25) is 0 Å². The van der Waals surface area contributed by atoms with Crippen LogP contribution in [0.25, 0.3) is 0 Å². The summed E-state index contributed by atoms with van der Waals surface area (Å²) in [5.74, 6) is 0.936. The molecular weight excluding hydrogens is 302 g/mol. The van der Waals surface area contributed by atoms with Crippen molar-refractivity contribution in [2.24, 2.45) is 4.99 Å². The van der Waals surface area contributed by atoms with E-state index in [0.717, 1.165) is 24.5 Å². The SMILES string of the molecule is CN1CCN=C1c1cccc(NC(=O)Nc2ccc(C#N)cc2)c1. The van der Waals surface area contributed by atoms with Gasteiger partial charge in [0.25, 0.3) is 0 Å². The second-order valence-electron chi connectivity index (χ2n) is 5.48. The Morgan fingerprint density at radius 3 is 2.58 bits per heavy atom. The molecule has 0 aromatic heterocycles. The first kappa shape index (κ1) is 15.6. The number of nitriles is 1. The fraction of sp³-hybridized carbons (Fsp3) is 0.167. The summed E-state index contributed by atoms with van der Waals surface area (Å²) in [5.41, 5.74) is 2.85. The Bertz CT molecular complexity index is 820. The van der Waals surface area contributed by atoms with Gasteiger partial charge in [-0.1, -0.05) is 12.1 Å². The number of carbonyl (C=O) groups is 1. The average Bonchev–Trinajstić information content (AvgIpc) is 3.02. The number of carbonyl (C=O) groups excluding carboxylic acids is 1. The molecule has 0 saturated carbocycles. The summed E-state index contributed by atoms with van der Waals surface area (Å²) >= 11 is 0. The molecule has 6 heteroatoms. The number of rotatable bonds is 3. The van der Waals surface area contributed by atoms with Crippen LogP contribution in [0.1, 0.15) is 11.1 Å². The van der Waals surface area contributed by atoms with Gasteiger partial charge in [-0.2, -0.15) is 5.26 Å². The van der Waals surface area contributed by atoms with Gasteiger partial charge < -0.3 is 15.5 Å². The molecule has 0 saturated heterocycles. The van der Waals surface area contributed by atoms with Crippen molar-refractivity contribution in [3.05, 3.63) is 59.7 Å². The van der Waals surface area contributed by atoms with Gasteiger partial charge in [-0.15, -0.1) is 0 Å². The molecule has 0 radical (unpaired) electrons. The molecule has 2 amide bonds. The molecule has 1 aliphatic heterocycles. The molecule has 120 valence electrons. The molecule has 24 heavy (non-hydrogen) atoms. The normalized spacial score (nSPS) is 13.2. The van der Waals surface area contributed by atoms with Crippen LogP contribution in [-0.4, -0.2) is 36.9 Å².